The van der Waals surface area contributed by atoms with Crippen molar-refractivity contribution < 1.29 is 9.53 Å². The minimum absolute atomic E-state index is 0.0593. The fraction of sp³-hybridized carbons (Fsp3) is 0.273. The third-order valence-corrected chi connectivity index (χ3v) is 2.00. The van der Waals surface area contributed by atoms with Crippen molar-refractivity contribution in [3.63, 3.8) is 0 Å². The molecule has 1 aromatic heterocycles. The number of rotatable bonds is 4. The van der Waals surface area contributed by atoms with E-state index in [1.165, 1.54) is 17.7 Å². The van der Waals surface area contributed by atoms with Crippen LogP contribution >= 0.6 is 0 Å². The lowest BCUT2D eigenvalue weighted by Crippen LogP contribution is -2.26. The van der Waals surface area contributed by atoms with E-state index < -0.39 is 5.97 Å². The Morgan fingerprint density at radius 2 is 2.40 bits per heavy atom. The van der Waals surface area contributed by atoms with E-state index in [0.29, 0.717) is 13.0 Å². The van der Waals surface area contributed by atoms with E-state index in [0.717, 1.165) is 0 Å². The van der Waals surface area contributed by atoms with Crippen LogP contribution in [0, 0.1) is 0 Å². The predicted octanol–water partition coefficient (Wildman–Crippen LogP) is 1.21. The molecule has 1 heterocycles. The van der Waals surface area contributed by atoms with Gasteiger partial charge >= 0.3 is 5.97 Å². The molecule has 0 saturated carbocycles. The van der Waals surface area contributed by atoms with Gasteiger partial charge in [0.25, 0.3) is 5.56 Å². The summed E-state index contributed by atoms with van der Waals surface area (Å²) in [6.07, 6.45) is 4.04. The molecule has 0 atom stereocenters. The van der Waals surface area contributed by atoms with Crippen LogP contribution in [-0.4, -0.2) is 17.6 Å². The highest BCUT2D eigenvalue weighted by molar-refractivity contribution is 5.88. The van der Waals surface area contributed by atoms with Gasteiger partial charge in [0.2, 0.25) is 0 Å². The summed E-state index contributed by atoms with van der Waals surface area (Å²) in [6, 6.07) is 3.11. The van der Waals surface area contributed by atoms with Gasteiger partial charge < -0.3 is 9.30 Å². The van der Waals surface area contributed by atoms with E-state index in [1.54, 1.807) is 18.3 Å². The molecular weight excluding hydrogens is 194 g/mol. The first kappa shape index (κ1) is 11.2. The summed E-state index contributed by atoms with van der Waals surface area (Å²) >= 11 is 0. The molecule has 0 radical (unpaired) electrons. The molecule has 0 unspecified atom stereocenters. The second-order valence-corrected chi connectivity index (χ2v) is 2.99. The Morgan fingerprint density at radius 1 is 1.67 bits per heavy atom. The molecule has 4 nitrogen and oxygen atoms in total. The fourth-order valence-corrected chi connectivity index (χ4v) is 1.21. The van der Waals surface area contributed by atoms with Crippen LogP contribution in [0.15, 0.2) is 35.8 Å². The van der Waals surface area contributed by atoms with Crippen LogP contribution in [0.5, 0.6) is 0 Å². The second-order valence-electron chi connectivity index (χ2n) is 2.99. The summed E-state index contributed by atoms with van der Waals surface area (Å²) in [5, 5.41) is 0. The number of pyridine rings is 1. The minimum atomic E-state index is -0.604. The number of aromatic nitrogens is 1. The summed E-state index contributed by atoms with van der Waals surface area (Å²) in [5.41, 5.74) is -0.268. The Bertz CT molecular complexity index is 420. The summed E-state index contributed by atoms with van der Waals surface area (Å²) in [4.78, 5) is 22.9. The van der Waals surface area contributed by atoms with Crippen molar-refractivity contribution in [1.29, 1.82) is 0 Å². The Kier molecular flexibility index (Phi) is 3.85. The minimum Gasteiger partial charge on any atom is -0.465 e. The van der Waals surface area contributed by atoms with Crippen LogP contribution in [0.2, 0.25) is 0 Å². The first-order chi connectivity index (χ1) is 7.20. The van der Waals surface area contributed by atoms with E-state index in [2.05, 4.69) is 11.3 Å². The number of nitrogens with zero attached hydrogens (tertiary/aromatic N) is 1. The summed E-state index contributed by atoms with van der Waals surface area (Å²) in [7, 11) is 1.25. The molecule has 0 aliphatic carbocycles. The van der Waals surface area contributed by atoms with Crippen molar-refractivity contribution in [3.8, 4) is 0 Å². The molecule has 0 fully saturated rings. The van der Waals surface area contributed by atoms with Gasteiger partial charge in [0, 0.05) is 12.7 Å². The number of ether oxygens (including phenoxy) is 1. The van der Waals surface area contributed by atoms with Gasteiger partial charge in [-0.15, -0.1) is 6.58 Å². The molecule has 4 heteroatoms. The molecule has 0 aliphatic heterocycles. The van der Waals surface area contributed by atoms with Gasteiger partial charge in [0.15, 0.2) is 0 Å². The second kappa shape index (κ2) is 5.14. The first-order valence-corrected chi connectivity index (χ1v) is 4.59. The number of esters is 1. The maximum Gasteiger partial charge on any atom is 0.343 e. The molecule has 0 aromatic carbocycles. The monoisotopic (exact) mass is 207 g/mol. The lowest BCUT2D eigenvalue weighted by molar-refractivity contribution is 0.0598. The van der Waals surface area contributed by atoms with Crippen LogP contribution in [-0.2, 0) is 11.3 Å². The van der Waals surface area contributed by atoms with Crippen LogP contribution in [0.3, 0.4) is 0 Å². The number of aryl methyl sites for hydroxylation is 1. The maximum absolute atomic E-state index is 11.7. The third kappa shape index (κ3) is 2.56. The molecule has 0 bridgehead atoms. The van der Waals surface area contributed by atoms with Gasteiger partial charge in [-0.05, 0) is 18.6 Å². The third-order valence-electron chi connectivity index (χ3n) is 2.00. The van der Waals surface area contributed by atoms with Crippen molar-refractivity contribution in [2.45, 2.75) is 13.0 Å². The molecule has 1 rings (SSSR count). The van der Waals surface area contributed by atoms with Gasteiger partial charge in [-0.2, -0.15) is 0 Å². The number of hydrogen-bond acceptors (Lipinski definition) is 3. The number of carbonyl (C=O) groups excluding carboxylic acids is 1. The molecule has 0 N–H and O–H groups in total. The van der Waals surface area contributed by atoms with E-state index in [1.807, 2.05) is 0 Å². The number of hydrogen-bond donors (Lipinski definition) is 0. The highest BCUT2D eigenvalue weighted by Gasteiger charge is 2.11. The molecule has 0 saturated heterocycles. The molecule has 0 spiro atoms. The van der Waals surface area contributed by atoms with Gasteiger partial charge in [-0.3, -0.25) is 4.79 Å². The largest absolute Gasteiger partial charge is 0.465 e. The lowest BCUT2D eigenvalue weighted by Gasteiger charge is -2.05. The highest BCUT2D eigenvalue weighted by atomic mass is 16.5. The lowest BCUT2D eigenvalue weighted by atomic mass is 10.2. The molecule has 80 valence electrons. The van der Waals surface area contributed by atoms with Crippen molar-refractivity contribution in [2.24, 2.45) is 0 Å². The van der Waals surface area contributed by atoms with Crippen molar-refractivity contribution >= 4 is 5.97 Å². The molecule has 0 aliphatic rings. The average molecular weight is 207 g/mol. The maximum atomic E-state index is 11.7. The van der Waals surface area contributed by atoms with Crippen LogP contribution in [0.4, 0.5) is 0 Å². The van der Waals surface area contributed by atoms with Gasteiger partial charge in [-0.1, -0.05) is 6.08 Å². The summed E-state index contributed by atoms with van der Waals surface area (Å²) in [6.45, 7) is 4.09. The zero-order valence-corrected chi connectivity index (χ0v) is 8.60. The Hall–Kier alpha value is -1.84. The smallest absolute Gasteiger partial charge is 0.343 e. The highest BCUT2D eigenvalue weighted by Crippen LogP contribution is 1.96. The van der Waals surface area contributed by atoms with Gasteiger partial charge in [0.05, 0.1) is 7.11 Å². The van der Waals surface area contributed by atoms with E-state index in [-0.39, 0.29) is 11.1 Å². The number of carbonyl (C=O) groups is 1. The van der Waals surface area contributed by atoms with Gasteiger partial charge in [-0.25, -0.2) is 4.79 Å². The SMILES string of the molecule is C=CCCn1cccc(C(=O)OC)c1=O. The number of allylic oxidation sites excluding steroid dienone is 1. The van der Waals surface area contributed by atoms with Crippen molar-refractivity contribution in [1.82, 2.24) is 4.57 Å². The van der Waals surface area contributed by atoms with Crippen LogP contribution < -0.4 is 5.56 Å². The first-order valence-electron chi connectivity index (χ1n) is 4.59. The Morgan fingerprint density at radius 3 is 3.00 bits per heavy atom. The predicted molar refractivity (Wildman–Crippen MR) is 56.9 cm³/mol. The Labute approximate surface area is 87.8 Å². The summed E-state index contributed by atoms with van der Waals surface area (Å²) < 4.78 is 5.97. The van der Waals surface area contributed by atoms with Gasteiger partial charge in [0.1, 0.15) is 5.56 Å². The van der Waals surface area contributed by atoms with Crippen LogP contribution in [0.1, 0.15) is 16.8 Å². The topological polar surface area (TPSA) is 48.3 Å². The van der Waals surface area contributed by atoms with Crippen molar-refractivity contribution in [3.05, 3.63) is 46.9 Å². The molecule has 15 heavy (non-hydrogen) atoms. The van der Waals surface area contributed by atoms with E-state index >= 15 is 0 Å². The quantitative estimate of drug-likeness (QED) is 0.550. The number of methoxy groups -OCH3 is 1. The average Bonchev–Trinajstić information content (AvgIpc) is 2.27. The molecular formula is C11H13NO3. The van der Waals surface area contributed by atoms with E-state index in [9.17, 15) is 9.59 Å². The zero-order valence-electron chi connectivity index (χ0n) is 8.60. The zero-order chi connectivity index (χ0) is 11.3. The van der Waals surface area contributed by atoms with Crippen LogP contribution in [0.25, 0.3) is 0 Å². The standard InChI is InChI=1S/C11H13NO3/c1-3-4-7-12-8-5-6-9(10(12)13)11(14)15-2/h3,5-6,8H,1,4,7H2,2H3. The fourth-order valence-electron chi connectivity index (χ4n) is 1.21. The normalized spacial score (nSPS) is 9.67. The van der Waals surface area contributed by atoms with Crippen molar-refractivity contribution in [2.75, 3.05) is 7.11 Å². The Balaban J connectivity index is 3.06. The molecule has 1 aromatic rings. The van der Waals surface area contributed by atoms with E-state index in [4.69, 9.17) is 0 Å². The molecule has 0 amide bonds. The summed E-state index contributed by atoms with van der Waals surface area (Å²) in [5.74, 6) is -0.604.